The second-order valence-corrected chi connectivity index (χ2v) is 5.78. The predicted octanol–water partition coefficient (Wildman–Crippen LogP) is 2.60. The summed E-state index contributed by atoms with van der Waals surface area (Å²) in [6.07, 6.45) is 1.11. The van der Waals surface area contributed by atoms with Crippen molar-refractivity contribution in [3.05, 3.63) is 54.1 Å². The summed E-state index contributed by atoms with van der Waals surface area (Å²) < 4.78 is 32.9. The molecule has 0 aromatic heterocycles. The van der Waals surface area contributed by atoms with Gasteiger partial charge >= 0.3 is 0 Å². The van der Waals surface area contributed by atoms with Crippen molar-refractivity contribution in [3.63, 3.8) is 0 Å². The van der Waals surface area contributed by atoms with Crippen LogP contribution in [0.4, 0.5) is 0 Å². The Balaban J connectivity index is 2.32. The van der Waals surface area contributed by atoms with Crippen LogP contribution in [0.2, 0.25) is 0 Å². The lowest BCUT2D eigenvalue weighted by atomic mass is 10.2. The molecule has 0 radical (unpaired) electrons. The Hall–Kier alpha value is -2.34. The van der Waals surface area contributed by atoms with Gasteiger partial charge in [-0.05, 0) is 31.2 Å². The minimum Gasteiger partial charge on any atom is -0.504 e. The van der Waals surface area contributed by atoms with Crippen LogP contribution in [0.1, 0.15) is 12.5 Å². The molecule has 2 rings (SSSR count). The lowest BCUT2D eigenvalue weighted by molar-refractivity contribution is 0.318. The van der Waals surface area contributed by atoms with E-state index in [9.17, 15) is 13.5 Å². The van der Waals surface area contributed by atoms with E-state index in [0.717, 1.165) is 6.21 Å². The van der Waals surface area contributed by atoms with Gasteiger partial charge in [0.25, 0.3) is 10.0 Å². The monoisotopic (exact) mass is 305 g/mol. The van der Waals surface area contributed by atoms with Crippen LogP contribution in [0.3, 0.4) is 0 Å². The zero-order chi connectivity index (χ0) is 15.3. The van der Waals surface area contributed by atoms with Gasteiger partial charge in [0.2, 0.25) is 0 Å². The maximum absolute atomic E-state index is 12.0. The van der Waals surface area contributed by atoms with E-state index < -0.39 is 10.0 Å². The highest BCUT2D eigenvalue weighted by Gasteiger charge is 2.12. The molecule has 0 saturated heterocycles. The fraction of sp³-hybridized carbons (Fsp3) is 0.133. The van der Waals surface area contributed by atoms with E-state index in [2.05, 4.69) is 4.40 Å². The van der Waals surface area contributed by atoms with Crippen LogP contribution in [0, 0.1) is 0 Å². The number of ether oxygens (including phenoxy) is 1. The first-order valence-electron chi connectivity index (χ1n) is 6.35. The van der Waals surface area contributed by atoms with Gasteiger partial charge in [-0.3, -0.25) is 0 Å². The minimum atomic E-state index is -3.78. The lowest BCUT2D eigenvalue weighted by Gasteiger charge is -2.07. The standard InChI is InChI=1S/C15H15NO4S/c1-2-20-14-10-6-7-12(15(14)17)11-16-21(18,19)13-8-4-3-5-9-13/h3-11,17H,2H2,1H3/b16-11-. The molecular formula is C15H15NO4S. The Morgan fingerprint density at radius 3 is 2.52 bits per heavy atom. The van der Waals surface area contributed by atoms with Crippen molar-refractivity contribution in [1.82, 2.24) is 0 Å². The summed E-state index contributed by atoms with van der Waals surface area (Å²) in [6, 6.07) is 12.7. The molecule has 0 heterocycles. The fourth-order valence-corrected chi connectivity index (χ4v) is 2.57. The molecule has 0 fully saturated rings. The van der Waals surface area contributed by atoms with Crippen LogP contribution >= 0.6 is 0 Å². The number of benzene rings is 2. The first-order valence-corrected chi connectivity index (χ1v) is 7.79. The van der Waals surface area contributed by atoms with E-state index in [1.165, 1.54) is 12.1 Å². The highest BCUT2D eigenvalue weighted by Crippen LogP contribution is 2.28. The second kappa shape index (κ2) is 6.41. The zero-order valence-electron chi connectivity index (χ0n) is 11.4. The van der Waals surface area contributed by atoms with Gasteiger partial charge in [-0.2, -0.15) is 12.8 Å². The molecule has 0 atom stereocenters. The topological polar surface area (TPSA) is 76.0 Å². The Labute approximate surface area is 123 Å². The van der Waals surface area contributed by atoms with Gasteiger partial charge in [-0.1, -0.05) is 24.3 Å². The summed E-state index contributed by atoms with van der Waals surface area (Å²) in [5.74, 6) is 0.157. The normalized spacial score (nSPS) is 11.7. The smallest absolute Gasteiger partial charge is 0.282 e. The van der Waals surface area contributed by atoms with Crippen molar-refractivity contribution < 1.29 is 18.3 Å². The largest absolute Gasteiger partial charge is 0.504 e. The number of para-hydroxylation sites is 1. The van der Waals surface area contributed by atoms with Gasteiger partial charge < -0.3 is 9.84 Å². The van der Waals surface area contributed by atoms with Crippen molar-refractivity contribution in [2.45, 2.75) is 11.8 Å². The van der Waals surface area contributed by atoms with Gasteiger partial charge in [0.05, 0.1) is 17.7 Å². The van der Waals surface area contributed by atoms with E-state index in [4.69, 9.17) is 4.74 Å². The van der Waals surface area contributed by atoms with Crippen molar-refractivity contribution in [2.24, 2.45) is 4.40 Å². The molecule has 0 bridgehead atoms. The molecule has 0 unspecified atom stereocenters. The number of phenolic OH excluding ortho intramolecular Hbond substituents is 1. The molecule has 2 aromatic carbocycles. The van der Waals surface area contributed by atoms with Gasteiger partial charge in [0.15, 0.2) is 11.5 Å². The maximum Gasteiger partial charge on any atom is 0.282 e. The molecule has 0 spiro atoms. The van der Waals surface area contributed by atoms with Crippen molar-refractivity contribution in [2.75, 3.05) is 6.61 Å². The Morgan fingerprint density at radius 1 is 1.14 bits per heavy atom. The van der Waals surface area contributed by atoms with Crippen molar-refractivity contribution >= 4 is 16.2 Å². The molecule has 0 amide bonds. The highest BCUT2D eigenvalue weighted by molar-refractivity contribution is 7.90. The van der Waals surface area contributed by atoms with Crippen LogP contribution in [0.15, 0.2) is 57.8 Å². The van der Waals surface area contributed by atoms with Gasteiger partial charge in [-0.15, -0.1) is 0 Å². The van der Waals surface area contributed by atoms with Gasteiger partial charge in [0.1, 0.15) is 0 Å². The first kappa shape index (κ1) is 15.1. The third-order valence-electron chi connectivity index (χ3n) is 2.70. The fourth-order valence-electron chi connectivity index (χ4n) is 1.69. The van der Waals surface area contributed by atoms with E-state index >= 15 is 0 Å². The average molecular weight is 305 g/mol. The van der Waals surface area contributed by atoms with Gasteiger partial charge in [0, 0.05) is 5.56 Å². The molecule has 2 aromatic rings. The number of aromatic hydroxyl groups is 1. The maximum atomic E-state index is 12.0. The van der Waals surface area contributed by atoms with Crippen LogP contribution in [0.5, 0.6) is 11.5 Å². The molecule has 6 heteroatoms. The summed E-state index contributed by atoms with van der Waals surface area (Å²) in [5.41, 5.74) is 0.278. The van der Waals surface area contributed by atoms with Gasteiger partial charge in [-0.25, -0.2) is 0 Å². The Morgan fingerprint density at radius 2 is 1.86 bits per heavy atom. The summed E-state index contributed by atoms with van der Waals surface area (Å²) in [7, 11) is -3.78. The van der Waals surface area contributed by atoms with Crippen LogP contribution in [-0.2, 0) is 10.0 Å². The lowest BCUT2D eigenvalue weighted by Crippen LogP contribution is -1.98. The molecule has 0 aliphatic heterocycles. The van der Waals surface area contributed by atoms with E-state index in [1.54, 1.807) is 43.3 Å². The zero-order valence-corrected chi connectivity index (χ0v) is 12.2. The predicted molar refractivity (Wildman–Crippen MR) is 80.5 cm³/mol. The summed E-state index contributed by atoms with van der Waals surface area (Å²) in [4.78, 5) is 0.0988. The molecule has 5 nitrogen and oxygen atoms in total. The minimum absolute atomic E-state index is 0.0988. The molecule has 0 saturated carbocycles. The SMILES string of the molecule is CCOc1cccc(/C=N\S(=O)(=O)c2ccccc2)c1O. The molecule has 110 valence electrons. The first-order chi connectivity index (χ1) is 10.0. The molecular weight excluding hydrogens is 290 g/mol. The number of sulfonamides is 1. The quantitative estimate of drug-likeness (QED) is 0.861. The molecule has 0 aliphatic carbocycles. The molecule has 0 aliphatic rings. The van der Waals surface area contributed by atoms with Crippen LogP contribution in [0.25, 0.3) is 0 Å². The van der Waals surface area contributed by atoms with E-state index in [-0.39, 0.29) is 16.2 Å². The Kier molecular flexibility index (Phi) is 4.59. The molecule has 21 heavy (non-hydrogen) atoms. The second-order valence-electron chi connectivity index (χ2n) is 4.15. The number of hydrogen-bond donors (Lipinski definition) is 1. The van der Waals surface area contributed by atoms with Crippen molar-refractivity contribution in [3.8, 4) is 11.5 Å². The number of nitrogens with zero attached hydrogens (tertiary/aromatic N) is 1. The van der Waals surface area contributed by atoms with Crippen LogP contribution < -0.4 is 4.74 Å². The highest BCUT2D eigenvalue weighted by atomic mass is 32.2. The average Bonchev–Trinajstić information content (AvgIpc) is 2.49. The summed E-state index contributed by atoms with van der Waals surface area (Å²) >= 11 is 0. The third-order valence-corrected chi connectivity index (χ3v) is 3.95. The molecule has 1 N–H and O–H groups in total. The summed E-state index contributed by atoms with van der Waals surface area (Å²) in [5, 5.41) is 9.98. The summed E-state index contributed by atoms with van der Waals surface area (Å²) in [6.45, 7) is 2.19. The number of rotatable bonds is 5. The van der Waals surface area contributed by atoms with E-state index in [0.29, 0.717) is 12.4 Å². The Bertz CT molecular complexity index is 740. The number of hydrogen-bond acceptors (Lipinski definition) is 4. The number of phenols is 1. The van der Waals surface area contributed by atoms with Crippen LogP contribution in [-0.4, -0.2) is 26.3 Å². The third kappa shape index (κ3) is 3.61. The van der Waals surface area contributed by atoms with Crippen molar-refractivity contribution in [1.29, 1.82) is 0 Å². The van der Waals surface area contributed by atoms with E-state index in [1.807, 2.05) is 0 Å².